The Labute approximate surface area is 122 Å². The van der Waals surface area contributed by atoms with Crippen molar-refractivity contribution in [1.82, 2.24) is 4.98 Å². The van der Waals surface area contributed by atoms with Gasteiger partial charge in [-0.1, -0.05) is 17.8 Å². The number of thioether (sulfide) groups is 1. The van der Waals surface area contributed by atoms with Crippen LogP contribution in [0.2, 0.25) is 0 Å². The minimum atomic E-state index is -0.140. The summed E-state index contributed by atoms with van der Waals surface area (Å²) in [5.74, 6) is 0.863. The molecule has 0 radical (unpaired) electrons. The van der Waals surface area contributed by atoms with E-state index in [9.17, 15) is 4.79 Å². The summed E-state index contributed by atoms with van der Waals surface area (Å²) in [6, 6.07) is 5.52. The van der Waals surface area contributed by atoms with Crippen LogP contribution in [0.25, 0.3) is 0 Å². The molecule has 1 heterocycles. The third kappa shape index (κ3) is 3.54. The van der Waals surface area contributed by atoms with Crippen LogP contribution in [-0.2, 0) is 4.79 Å². The Kier molecular flexibility index (Phi) is 4.34. The molecule has 6 heteroatoms. The molecule has 0 saturated carbocycles. The maximum atomic E-state index is 11.9. The molecule has 5 nitrogen and oxygen atoms in total. The van der Waals surface area contributed by atoms with Gasteiger partial charge in [0.05, 0.1) is 22.8 Å². The number of aryl methyl sites for hydroxylation is 3. The van der Waals surface area contributed by atoms with Gasteiger partial charge in [0.15, 0.2) is 0 Å². The van der Waals surface area contributed by atoms with Gasteiger partial charge >= 0.3 is 0 Å². The number of hydrogen-bond donors (Lipinski definition) is 2. The van der Waals surface area contributed by atoms with Crippen molar-refractivity contribution in [2.24, 2.45) is 0 Å². The van der Waals surface area contributed by atoms with Crippen LogP contribution in [0.3, 0.4) is 0 Å². The van der Waals surface area contributed by atoms with E-state index in [1.165, 1.54) is 11.8 Å². The number of nitrogens with two attached hydrogens (primary N) is 1. The lowest BCUT2D eigenvalue weighted by Gasteiger charge is -2.08. The van der Waals surface area contributed by atoms with Gasteiger partial charge in [0.25, 0.3) is 5.22 Å². The van der Waals surface area contributed by atoms with Gasteiger partial charge in [-0.3, -0.25) is 4.79 Å². The van der Waals surface area contributed by atoms with Crippen LogP contribution in [0.15, 0.2) is 27.8 Å². The largest absolute Gasteiger partial charge is 0.437 e. The Morgan fingerprint density at radius 3 is 2.75 bits per heavy atom. The Morgan fingerprint density at radius 1 is 1.40 bits per heavy atom. The van der Waals surface area contributed by atoms with Gasteiger partial charge < -0.3 is 15.5 Å². The normalized spacial score (nSPS) is 10.6. The van der Waals surface area contributed by atoms with Crippen molar-refractivity contribution in [3.63, 3.8) is 0 Å². The highest BCUT2D eigenvalue weighted by atomic mass is 32.2. The second-order valence-electron chi connectivity index (χ2n) is 4.55. The minimum Gasteiger partial charge on any atom is -0.437 e. The summed E-state index contributed by atoms with van der Waals surface area (Å²) in [4.78, 5) is 16.1. The number of nitrogens with one attached hydrogen (secondary N) is 1. The summed E-state index contributed by atoms with van der Waals surface area (Å²) >= 11 is 1.26. The fraction of sp³-hybridized carbons (Fsp3) is 0.286. The number of anilines is 2. The number of rotatable bonds is 4. The van der Waals surface area contributed by atoms with Gasteiger partial charge in [0, 0.05) is 0 Å². The number of hydrogen-bond acceptors (Lipinski definition) is 5. The van der Waals surface area contributed by atoms with E-state index in [1.807, 2.05) is 32.9 Å². The van der Waals surface area contributed by atoms with E-state index in [1.54, 1.807) is 6.07 Å². The van der Waals surface area contributed by atoms with E-state index in [-0.39, 0.29) is 11.7 Å². The minimum absolute atomic E-state index is 0.140. The van der Waals surface area contributed by atoms with Crippen molar-refractivity contribution in [3.8, 4) is 0 Å². The fourth-order valence-electron chi connectivity index (χ4n) is 1.61. The number of carbonyl (C=O) groups is 1. The number of benzene rings is 1. The molecule has 0 spiro atoms. The third-order valence-electron chi connectivity index (χ3n) is 2.82. The molecule has 0 atom stereocenters. The molecule has 0 aliphatic carbocycles. The average molecular weight is 291 g/mol. The summed E-state index contributed by atoms with van der Waals surface area (Å²) in [6.45, 7) is 5.67. The molecule has 1 aromatic carbocycles. The van der Waals surface area contributed by atoms with Crippen LogP contribution in [0.4, 0.5) is 11.4 Å². The van der Waals surface area contributed by atoms with Crippen LogP contribution in [-0.4, -0.2) is 16.6 Å². The zero-order chi connectivity index (χ0) is 14.7. The predicted octanol–water partition coefficient (Wildman–Crippen LogP) is 2.91. The zero-order valence-corrected chi connectivity index (χ0v) is 12.5. The molecule has 20 heavy (non-hydrogen) atoms. The van der Waals surface area contributed by atoms with Gasteiger partial charge in [-0.25, -0.2) is 4.98 Å². The molecule has 0 unspecified atom stereocenters. The van der Waals surface area contributed by atoms with Gasteiger partial charge in [-0.05, 0) is 38.5 Å². The molecule has 0 fully saturated rings. The lowest BCUT2D eigenvalue weighted by atomic mass is 10.2. The van der Waals surface area contributed by atoms with Crippen LogP contribution in [0.5, 0.6) is 0 Å². The fourth-order valence-corrected chi connectivity index (χ4v) is 2.33. The van der Waals surface area contributed by atoms with E-state index in [4.69, 9.17) is 10.2 Å². The first-order valence-electron chi connectivity index (χ1n) is 6.18. The molecule has 0 bridgehead atoms. The van der Waals surface area contributed by atoms with Crippen LogP contribution in [0, 0.1) is 20.8 Å². The van der Waals surface area contributed by atoms with Gasteiger partial charge in [0.2, 0.25) is 5.91 Å². The van der Waals surface area contributed by atoms with Crippen molar-refractivity contribution in [1.29, 1.82) is 0 Å². The first-order chi connectivity index (χ1) is 9.45. The van der Waals surface area contributed by atoms with E-state index >= 15 is 0 Å². The number of carbonyl (C=O) groups excluding carboxylic acids is 1. The highest BCUT2D eigenvalue weighted by Crippen LogP contribution is 2.22. The van der Waals surface area contributed by atoms with Gasteiger partial charge in [0.1, 0.15) is 5.76 Å². The topological polar surface area (TPSA) is 81.2 Å². The van der Waals surface area contributed by atoms with E-state index < -0.39 is 0 Å². The average Bonchev–Trinajstić information content (AvgIpc) is 2.70. The number of amides is 1. The van der Waals surface area contributed by atoms with Crippen molar-refractivity contribution in [2.45, 2.75) is 26.0 Å². The summed E-state index contributed by atoms with van der Waals surface area (Å²) in [6.07, 6.45) is 0. The van der Waals surface area contributed by atoms with E-state index in [2.05, 4.69) is 10.3 Å². The quantitative estimate of drug-likeness (QED) is 0.668. The molecule has 0 aliphatic heterocycles. The smallest absolute Gasteiger partial charge is 0.256 e. The Balaban J connectivity index is 1.92. The molecule has 106 valence electrons. The van der Waals surface area contributed by atoms with Crippen molar-refractivity contribution in [3.05, 3.63) is 35.2 Å². The molecule has 2 aromatic rings. The Bertz CT molecular complexity index is 618. The zero-order valence-electron chi connectivity index (χ0n) is 11.7. The molecular formula is C14H17N3O2S. The van der Waals surface area contributed by atoms with Gasteiger partial charge in [-0.2, -0.15) is 0 Å². The van der Waals surface area contributed by atoms with Gasteiger partial charge in [-0.15, -0.1) is 0 Å². The standard InChI is InChI=1S/C14H17N3O2S/c1-8-4-5-12(11(15)6-8)17-13(18)7-20-14-16-9(2)10(3)19-14/h4-6H,7,15H2,1-3H3,(H,17,18). The second-order valence-corrected chi connectivity index (χ2v) is 5.48. The first-order valence-corrected chi connectivity index (χ1v) is 7.17. The maximum Gasteiger partial charge on any atom is 0.256 e. The third-order valence-corrected chi connectivity index (χ3v) is 3.64. The van der Waals surface area contributed by atoms with E-state index in [0.29, 0.717) is 16.6 Å². The van der Waals surface area contributed by atoms with Crippen LogP contribution < -0.4 is 11.1 Å². The molecule has 0 aliphatic rings. The summed E-state index contributed by atoms with van der Waals surface area (Å²) in [5, 5.41) is 3.28. The molecule has 0 saturated heterocycles. The van der Waals surface area contributed by atoms with Crippen molar-refractivity contribution < 1.29 is 9.21 Å². The summed E-state index contributed by atoms with van der Waals surface area (Å²) in [5.41, 5.74) is 8.93. The molecule has 2 rings (SSSR count). The lowest BCUT2D eigenvalue weighted by molar-refractivity contribution is -0.113. The monoisotopic (exact) mass is 291 g/mol. The van der Waals surface area contributed by atoms with Crippen molar-refractivity contribution in [2.75, 3.05) is 16.8 Å². The first kappa shape index (κ1) is 14.5. The number of aromatic nitrogens is 1. The van der Waals surface area contributed by atoms with Crippen LogP contribution in [0.1, 0.15) is 17.0 Å². The summed E-state index contributed by atoms with van der Waals surface area (Å²) < 4.78 is 5.40. The maximum absolute atomic E-state index is 11.9. The summed E-state index contributed by atoms with van der Waals surface area (Å²) in [7, 11) is 0. The second kappa shape index (κ2) is 6.00. The predicted molar refractivity (Wildman–Crippen MR) is 80.9 cm³/mol. The van der Waals surface area contributed by atoms with Crippen LogP contribution >= 0.6 is 11.8 Å². The highest BCUT2D eigenvalue weighted by Gasteiger charge is 2.10. The highest BCUT2D eigenvalue weighted by molar-refractivity contribution is 7.99. The van der Waals surface area contributed by atoms with Crippen molar-refractivity contribution >= 4 is 29.0 Å². The SMILES string of the molecule is Cc1ccc(NC(=O)CSc2nc(C)c(C)o2)c(N)c1. The van der Waals surface area contributed by atoms with E-state index in [0.717, 1.165) is 17.0 Å². The Morgan fingerprint density at radius 2 is 2.15 bits per heavy atom. The molecule has 1 amide bonds. The number of oxazole rings is 1. The number of nitrogens with zero attached hydrogens (tertiary/aromatic N) is 1. The molecule has 1 aromatic heterocycles. The Hall–Kier alpha value is -1.95. The lowest BCUT2D eigenvalue weighted by Crippen LogP contribution is -2.15. The number of nitrogen functional groups attached to an aromatic ring is 1. The molecular weight excluding hydrogens is 274 g/mol. The molecule has 3 N–H and O–H groups in total.